The first-order valence-corrected chi connectivity index (χ1v) is 8.53. The van der Waals surface area contributed by atoms with Crippen LogP contribution in [0.3, 0.4) is 0 Å². The zero-order valence-corrected chi connectivity index (χ0v) is 14.1. The summed E-state index contributed by atoms with van der Waals surface area (Å²) in [6.07, 6.45) is -2.13. The maximum absolute atomic E-state index is 12.2. The molecule has 0 N–H and O–H groups in total. The lowest BCUT2D eigenvalue weighted by Crippen LogP contribution is -2.32. The fourth-order valence-corrected chi connectivity index (χ4v) is 2.71. The quantitative estimate of drug-likeness (QED) is 0.522. The number of carbonyl (C=O) groups is 2. The predicted octanol–water partition coefficient (Wildman–Crippen LogP) is 1.59. The molecule has 0 aliphatic rings. The second-order valence-electron chi connectivity index (χ2n) is 4.61. The molecule has 7 nitrogen and oxygen atoms in total. The molecule has 0 fully saturated rings. The molecule has 0 saturated heterocycles. The fraction of sp³-hybridized carbons (Fsp3) is 0.467. The number of rotatable bonds is 8. The molecule has 0 aliphatic heterocycles. The van der Waals surface area contributed by atoms with E-state index in [0.717, 1.165) is 5.56 Å². The molecule has 128 valence electrons. The van der Waals surface area contributed by atoms with E-state index in [9.17, 15) is 18.0 Å². The van der Waals surface area contributed by atoms with Gasteiger partial charge >= 0.3 is 11.9 Å². The topological polar surface area (TPSA) is 96.0 Å². The van der Waals surface area contributed by atoms with E-state index in [2.05, 4.69) is 0 Å². The standard InChI is InChI=1S/C15H20O7S/c1-4-20-14(16)10-13(15(17)21-5-2)22-23(18,19)12-8-6-11(3)7-9-12/h6-9,13H,4-5,10H2,1-3H3. The molecule has 0 radical (unpaired) electrons. The molecule has 1 aromatic rings. The van der Waals surface area contributed by atoms with Crippen molar-refractivity contribution < 1.29 is 31.7 Å². The molecular weight excluding hydrogens is 324 g/mol. The van der Waals surface area contributed by atoms with Gasteiger partial charge in [-0.15, -0.1) is 0 Å². The Balaban J connectivity index is 2.96. The van der Waals surface area contributed by atoms with Gasteiger partial charge < -0.3 is 9.47 Å². The van der Waals surface area contributed by atoms with Crippen molar-refractivity contribution in [3.8, 4) is 0 Å². The highest BCUT2D eigenvalue weighted by Gasteiger charge is 2.31. The van der Waals surface area contributed by atoms with Gasteiger partial charge in [0.2, 0.25) is 0 Å². The molecule has 8 heteroatoms. The lowest BCUT2D eigenvalue weighted by molar-refractivity contribution is -0.157. The molecular formula is C15H20O7S. The van der Waals surface area contributed by atoms with Gasteiger partial charge in [-0.3, -0.25) is 8.98 Å². The number of benzene rings is 1. The Hall–Kier alpha value is -1.93. The minimum absolute atomic E-state index is 0.0338. The molecule has 1 aromatic carbocycles. The van der Waals surface area contributed by atoms with Crippen molar-refractivity contribution in [3.63, 3.8) is 0 Å². The van der Waals surface area contributed by atoms with Crippen LogP contribution in [0.2, 0.25) is 0 Å². The minimum Gasteiger partial charge on any atom is -0.466 e. The SMILES string of the molecule is CCOC(=O)CC(OS(=O)(=O)c1ccc(C)cc1)C(=O)OCC. The molecule has 1 rings (SSSR count). The van der Waals surface area contributed by atoms with Crippen LogP contribution >= 0.6 is 0 Å². The summed E-state index contributed by atoms with van der Waals surface area (Å²) in [6, 6.07) is 5.91. The lowest BCUT2D eigenvalue weighted by Gasteiger charge is -2.15. The van der Waals surface area contributed by atoms with Gasteiger partial charge in [0, 0.05) is 0 Å². The molecule has 0 aliphatic carbocycles. The van der Waals surface area contributed by atoms with E-state index < -0.39 is 34.6 Å². The van der Waals surface area contributed by atoms with Gasteiger partial charge in [0.25, 0.3) is 10.1 Å². The first-order chi connectivity index (χ1) is 10.8. The number of hydrogen-bond acceptors (Lipinski definition) is 7. The molecule has 0 aromatic heterocycles. The smallest absolute Gasteiger partial charge is 0.337 e. The monoisotopic (exact) mass is 344 g/mol. The highest BCUT2D eigenvalue weighted by Crippen LogP contribution is 2.17. The van der Waals surface area contributed by atoms with E-state index in [-0.39, 0.29) is 18.1 Å². The van der Waals surface area contributed by atoms with Crippen LogP contribution in [0, 0.1) is 6.92 Å². The number of carbonyl (C=O) groups excluding carboxylic acids is 2. The molecule has 1 atom stereocenters. The Labute approximate surface area is 135 Å². The summed E-state index contributed by atoms with van der Waals surface area (Å²) in [7, 11) is -4.21. The molecule has 0 spiro atoms. The van der Waals surface area contributed by atoms with Crippen molar-refractivity contribution in [2.75, 3.05) is 13.2 Å². The highest BCUT2D eigenvalue weighted by molar-refractivity contribution is 7.86. The second kappa shape index (κ2) is 8.64. The van der Waals surface area contributed by atoms with Crippen LogP contribution in [0.15, 0.2) is 29.2 Å². The molecule has 0 saturated carbocycles. The molecule has 1 unspecified atom stereocenters. The van der Waals surface area contributed by atoms with E-state index >= 15 is 0 Å². The summed E-state index contributed by atoms with van der Waals surface area (Å²) in [6.45, 7) is 5.11. The van der Waals surface area contributed by atoms with Crippen LogP contribution in [0.1, 0.15) is 25.8 Å². The Morgan fingerprint density at radius 1 is 1.04 bits per heavy atom. The van der Waals surface area contributed by atoms with Gasteiger partial charge in [-0.25, -0.2) is 4.79 Å². The molecule has 0 amide bonds. The average molecular weight is 344 g/mol. The Bertz CT molecular complexity index is 634. The number of hydrogen-bond donors (Lipinski definition) is 0. The first kappa shape index (κ1) is 19.1. The molecule has 23 heavy (non-hydrogen) atoms. The van der Waals surface area contributed by atoms with Crippen LogP contribution in [0.4, 0.5) is 0 Å². The normalized spacial score (nSPS) is 12.5. The van der Waals surface area contributed by atoms with Gasteiger partial charge in [0.1, 0.15) is 0 Å². The summed E-state index contributed by atoms with van der Waals surface area (Å²) in [5, 5.41) is 0. The number of aryl methyl sites for hydroxylation is 1. The maximum atomic E-state index is 12.2. The zero-order valence-electron chi connectivity index (χ0n) is 13.3. The van der Waals surface area contributed by atoms with E-state index in [1.807, 2.05) is 0 Å². The van der Waals surface area contributed by atoms with Crippen molar-refractivity contribution in [1.29, 1.82) is 0 Å². The third-order valence-electron chi connectivity index (χ3n) is 2.76. The Morgan fingerprint density at radius 2 is 1.61 bits per heavy atom. The van der Waals surface area contributed by atoms with Crippen molar-refractivity contribution in [2.24, 2.45) is 0 Å². The van der Waals surface area contributed by atoms with Crippen LogP contribution in [-0.4, -0.2) is 39.7 Å². The average Bonchev–Trinajstić information content (AvgIpc) is 2.47. The summed E-state index contributed by atoms with van der Waals surface area (Å²) in [5.41, 5.74) is 0.873. The van der Waals surface area contributed by atoms with Crippen molar-refractivity contribution >= 4 is 22.1 Å². The molecule has 0 bridgehead atoms. The minimum atomic E-state index is -4.21. The summed E-state index contributed by atoms with van der Waals surface area (Å²) >= 11 is 0. The predicted molar refractivity (Wildman–Crippen MR) is 81.1 cm³/mol. The highest BCUT2D eigenvalue weighted by atomic mass is 32.2. The van der Waals surface area contributed by atoms with Gasteiger partial charge in [0.15, 0.2) is 6.10 Å². The van der Waals surface area contributed by atoms with E-state index in [1.54, 1.807) is 32.9 Å². The third-order valence-corrected chi connectivity index (χ3v) is 4.09. The van der Waals surface area contributed by atoms with Gasteiger partial charge in [0.05, 0.1) is 24.5 Å². The second-order valence-corrected chi connectivity index (χ2v) is 6.19. The number of esters is 2. The van der Waals surface area contributed by atoms with Gasteiger partial charge in [-0.2, -0.15) is 8.42 Å². The van der Waals surface area contributed by atoms with E-state index in [4.69, 9.17) is 13.7 Å². The van der Waals surface area contributed by atoms with E-state index in [0.29, 0.717) is 0 Å². The largest absolute Gasteiger partial charge is 0.466 e. The lowest BCUT2D eigenvalue weighted by atomic mass is 10.2. The van der Waals surface area contributed by atoms with E-state index in [1.165, 1.54) is 12.1 Å². The van der Waals surface area contributed by atoms with Gasteiger partial charge in [-0.05, 0) is 32.9 Å². The summed E-state index contributed by atoms with van der Waals surface area (Å²) in [4.78, 5) is 23.2. The Morgan fingerprint density at radius 3 is 2.13 bits per heavy atom. The molecule has 0 heterocycles. The summed E-state index contributed by atoms with van der Waals surface area (Å²) in [5.74, 6) is -1.68. The van der Waals surface area contributed by atoms with Crippen LogP contribution in [0.25, 0.3) is 0 Å². The fourth-order valence-electron chi connectivity index (χ4n) is 1.68. The first-order valence-electron chi connectivity index (χ1n) is 7.12. The summed E-state index contributed by atoms with van der Waals surface area (Å²) < 4.78 is 38.8. The van der Waals surface area contributed by atoms with Crippen molar-refractivity contribution in [2.45, 2.75) is 38.2 Å². The number of ether oxygens (including phenoxy) is 2. The zero-order chi connectivity index (χ0) is 17.5. The van der Waals surface area contributed by atoms with Gasteiger partial charge in [-0.1, -0.05) is 17.7 Å². The Kier molecular flexibility index (Phi) is 7.18. The van der Waals surface area contributed by atoms with Crippen molar-refractivity contribution in [1.82, 2.24) is 0 Å². The van der Waals surface area contributed by atoms with Crippen molar-refractivity contribution in [3.05, 3.63) is 29.8 Å². The van der Waals surface area contributed by atoms with Crippen LogP contribution in [0.5, 0.6) is 0 Å². The third kappa shape index (κ3) is 5.99. The van der Waals surface area contributed by atoms with Crippen LogP contribution in [-0.2, 0) is 33.4 Å². The van der Waals surface area contributed by atoms with Crippen LogP contribution < -0.4 is 0 Å². The maximum Gasteiger partial charge on any atom is 0.337 e.